The van der Waals surface area contributed by atoms with Gasteiger partial charge in [0.15, 0.2) is 23.9 Å². The van der Waals surface area contributed by atoms with E-state index in [0.29, 0.717) is 29.7 Å². The molecule has 2 aliphatic heterocycles. The van der Waals surface area contributed by atoms with Crippen molar-refractivity contribution in [2.75, 3.05) is 24.6 Å². The van der Waals surface area contributed by atoms with Crippen LogP contribution in [0.2, 0.25) is 0 Å². The molecule has 0 unspecified atom stereocenters. The number of benzene rings is 1. The predicted octanol–water partition coefficient (Wildman–Crippen LogP) is 0.155. The highest BCUT2D eigenvalue weighted by Crippen LogP contribution is 2.39. The van der Waals surface area contributed by atoms with E-state index in [1.807, 2.05) is 0 Å². The van der Waals surface area contributed by atoms with Gasteiger partial charge in [-0.05, 0) is 62.1 Å². The molecule has 314 valence electrons. The van der Waals surface area contributed by atoms with E-state index in [2.05, 4.69) is 87.6 Å². The minimum Gasteiger partial charge on any atom is -0.394 e. The van der Waals surface area contributed by atoms with E-state index in [-0.39, 0.29) is 23.2 Å². The Kier molecular flexibility index (Phi) is 11.8. The highest BCUT2D eigenvalue weighted by Gasteiger charge is 2.47. The quantitative estimate of drug-likeness (QED) is 0.0932. The molecule has 0 radical (unpaired) electrons. The molecular formula is C38H54N12O8. The van der Waals surface area contributed by atoms with Crippen LogP contribution in [0.25, 0.3) is 22.2 Å². The van der Waals surface area contributed by atoms with Gasteiger partial charge >= 0.3 is 5.69 Å². The SMILES string of the molecule is CC(C)N(C[C@H]1O[C@@H](n2cnc3c(N)ncnc32)[C@H](O)[C@@H]1O)C1CC(CCc2nc3ccc(C(C)(C)C)cc3[nH]2)C1.Nc1ncn([C@@H]2O[C@H](CO)[C@@H](O)[C@H]2O)c(=O)n1. The fourth-order valence-corrected chi connectivity index (χ4v) is 7.99. The molecule has 8 atom stereocenters. The summed E-state index contributed by atoms with van der Waals surface area (Å²) in [5.74, 6) is 1.75. The molecule has 4 aromatic heterocycles. The molecule has 5 aromatic rings. The van der Waals surface area contributed by atoms with Crippen molar-refractivity contribution in [2.45, 2.75) is 127 Å². The highest BCUT2D eigenvalue weighted by atomic mass is 16.6. The molecule has 3 fully saturated rings. The van der Waals surface area contributed by atoms with Gasteiger partial charge in [-0.1, -0.05) is 26.8 Å². The van der Waals surface area contributed by atoms with Crippen LogP contribution in [0.5, 0.6) is 0 Å². The van der Waals surface area contributed by atoms with E-state index in [1.165, 1.54) is 18.2 Å². The first-order valence-electron chi connectivity index (χ1n) is 19.6. The van der Waals surface area contributed by atoms with Gasteiger partial charge in [-0.25, -0.2) is 29.7 Å². The summed E-state index contributed by atoms with van der Waals surface area (Å²) in [5, 5.41) is 49.9. The molecular weight excluding hydrogens is 752 g/mol. The van der Waals surface area contributed by atoms with E-state index < -0.39 is 61.4 Å². The lowest BCUT2D eigenvalue weighted by Gasteiger charge is -2.46. The Morgan fingerprint density at radius 2 is 1.59 bits per heavy atom. The number of rotatable bonds is 10. The van der Waals surface area contributed by atoms with E-state index in [1.54, 1.807) is 4.57 Å². The van der Waals surface area contributed by atoms with Gasteiger partial charge in [0.2, 0.25) is 5.95 Å². The van der Waals surface area contributed by atoms with Crippen molar-refractivity contribution in [3.05, 3.63) is 59.1 Å². The van der Waals surface area contributed by atoms with Crippen LogP contribution in [-0.2, 0) is 21.3 Å². The largest absolute Gasteiger partial charge is 0.394 e. The molecule has 6 heterocycles. The van der Waals surface area contributed by atoms with Crippen LogP contribution in [0.15, 0.2) is 42.0 Å². The number of ether oxygens (including phenoxy) is 2. The molecule has 2 saturated heterocycles. The topological polar surface area (TPSA) is 295 Å². The van der Waals surface area contributed by atoms with Crippen molar-refractivity contribution in [1.82, 2.24) is 48.9 Å². The van der Waals surface area contributed by atoms with Crippen molar-refractivity contribution in [1.29, 1.82) is 0 Å². The number of fused-ring (bicyclic) bond motifs is 2. The van der Waals surface area contributed by atoms with Crippen molar-refractivity contribution in [2.24, 2.45) is 5.92 Å². The molecule has 3 aliphatic rings. The zero-order chi connectivity index (χ0) is 41.6. The number of aromatic nitrogens is 9. The summed E-state index contributed by atoms with van der Waals surface area (Å²) in [5.41, 5.74) is 14.9. The molecule has 20 heteroatoms. The Bertz CT molecular complexity index is 2250. The Morgan fingerprint density at radius 1 is 0.914 bits per heavy atom. The van der Waals surface area contributed by atoms with Gasteiger partial charge in [0, 0.05) is 25.0 Å². The van der Waals surface area contributed by atoms with Crippen LogP contribution in [0.3, 0.4) is 0 Å². The number of nitrogens with two attached hydrogens (primary N) is 2. The van der Waals surface area contributed by atoms with Gasteiger partial charge in [-0.15, -0.1) is 0 Å². The molecule has 0 amide bonds. The zero-order valence-electron chi connectivity index (χ0n) is 33.2. The maximum Gasteiger partial charge on any atom is 0.354 e. The lowest BCUT2D eigenvalue weighted by molar-refractivity contribution is -0.0620. The van der Waals surface area contributed by atoms with E-state index in [0.717, 1.165) is 53.4 Å². The van der Waals surface area contributed by atoms with Crippen LogP contribution < -0.4 is 17.2 Å². The maximum absolute atomic E-state index is 11.5. The minimum absolute atomic E-state index is 0.110. The Balaban J connectivity index is 0.000000252. The Morgan fingerprint density at radius 3 is 2.24 bits per heavy atom. The number of nitrogen functional groups attached to an aromatic ring is 2. The second-order valence-corrected chi connectivity index (χ2v) is 16.7. The summed E-state index contributed by atoms with van der Waals surface area (Å²) in [6.45, 7) is 11.1. The molecule has 1 aliphatic carbocycles. The summed E-state index contributed by atoms with van der Waals surface area (Å²) in [7, 11) is 0. The molecule has 1 aromatic carbocycles. The Labute approximate surface area is 333 Å². The van der Waals surface area contributed by atoms with Gasteiger partial charge in [0.25, 0.3) is 0 Å². The average molecular weight is 807 g/mol. The van der Waals surface area contributed by atoms with E-state index in [9.17, 15) is 25.2 Å². The normalized spacial score (nSPS) is 28.7. The number of aliphatic hydroxyl groups excluding tert-OH is 5. The number of hydrogen-bond acceptors (Lipinski definition) is 17. The van der Waals surface area contributed by atoms with Crippen LogP contribution in [0.1, 0.15) is 77.7 Å². The van der Waals surface area contributed by atoms with Crippen molar-refractivity contribution in [3.8, 4) is 0 Å². The summed E-state index contributed by atoms with van der Waals surface area (Å²) in [6.07, 6.45) is -0.0423. The number of aliphatic hydroxyl groups is 5. The number of anilines is 2. The van der Waals surface area contributed by atoms with Crippen LogP contribution in [-0.4, -0.2) is 136 Å². The summed E-state index contributed by atoms with van der Waals surface area (Å²) in [6, 6.07) is 7.22. The molecule has 58 heavy (non-hydrogen) atoms. The van der Waals surface area contributed by atoms with Crippen LogP contribution in [0, 0.1) is 5.92 Å². The van der Waals surface area contributed by atoms with Crippen molar-refractivity contribution in [3.63, 3.8) is 0 Å². The zero-order valence-corrected chi connectivity index (χ0v) is 33.2. The summed E-state index contributed by atoms with van der Waals surface area (Å²) < 4.78 is 13.9. The molecule has 8 rings (SSSR count). The fourth-order valence-electron chi connectivity index (χ4n) is 7.99. The number of hydrogen-bond donors (Lipinski definition) is 8. The number of H-pyrrole nitrogens is 1. The smallest absolute Gasteiger partial charge is 0.354 e. The second kappa shape index (κ2) is 16.5. The summed E-state index contributed by atoms with van der Waals surface area (Å²) >= 11 is 0. The average Bonchev–Trinajstić information content (AvgIpc) is 3.91. The Hall–Kier alpha value is -4.67. The van der Waals surface area contributed by atoms with E-state index in [4.69, 9.17) is 31.0 Å². The van der Waals surface area contributed by atoms with Crippen LogP contribution >= 0.6 is 0 Å². The molecule has 0 spiro atoms. The fraction of sp³-hybridized carbons (Fsp3) is 0.605. The van der Waals surface area contributed by atoms with Gasteiger partial charge in [-0.2, -0.15) is 4.98 Å². The third kappa shape index (κ3) is 8.28. The monoisotopic (exact) mass is 806 g/mol. The highest BCUT2D eigenvalue weighted by molar-refractivity contribution is 5.81. The maximum atomic E-state index is 11.5. The van der Waals surface area contributed by atoms with Gasteiger partial charge in [-0.3, -0.25) is 14.0 Å². The molecule has 1 saturated carbocycles. The van der Waals surface area contributed by atoms with E-state index >= 15 is 0 Å². The molecule has 0 bridgehead atoms. The standard InChI is InChI=1S/C30H42N8O3.C8H12N4O5/c1-16(2)37(13-22-25(39)26(40)29(41-22)38-15-34-24-27(31)32-14-33-28(24)38)19-10-17(11-19)6-9-23-35-20-8-7-18(30(3,4)5)12-21(20)36-23;9-7-10-2-12(8(16)11-7)6-5(15)4(14)3(1-13)17-6/h7-8,12,14-17,19,22,25-26,29,39-40H,6,9-11,13H2,1-5H3,(H,35,36)(H2,31,32,33);2-6,13-15H,1H2,(H2,9,11,16)/t17?,19?,22-,25-,26-,29-;3-,4-,5-,6-/m11/s1. The second-order valence-electron chi connectivity index (χ2n) is 16.7. The van der Waals surface area contributed by atoms with Gasteiger partial charge in [0.1, 0.15) is 60.6 Å². The molecule has 10 N–H and O–H groups in total. The third-order valence-electron chi connectivity index (χ3n) is 11.5. The van der Waals surface area contributed by atoms with Gasteiger partial charge in [0.05, 0.1) is 24.0 Å². The van der Waals surface area contributed by atoms with Crippen molar-refractivity contribution >= 4 is 34.0 Å². The first kappa shape index (κ1) is 41.5. The number of aryl methyl sites for hydroxylation is 1. The first-order chi connectivity index (χ1) is 27.5. The predicted molar refractivity (Wildman–Crippen MR) is 211 cm³/mol. The number of nitrogens with one attached hydrogen (secondary N) is 1. The molecule has 20 nitrogen and oxygen atoms in total. The number of aromatic amines is 1. The van der Waals surface area contributed by atoms with Crippen LogP contribution in [0.4, 0.5) is 11.8 Å². The van der Waals surface area contributed by atoms with Gasteiger partial charge < -0.3 is 51.5 Å². The minimum atomic E-state index is -1.35. The third-order valence-corrected chi connectivity index (χ3v) is 11.5. The first-order valence-corrected chi connectivity index (χ1v) is 19.6. The van der Waals surface area contributed by atoms with Crippen molar-refractivity contribution < 1.29 is 35.0 Å². The number of nitrogens with zero attached hydrogens (tertiary/aromatic N) is 9. The lowest BCUT2D eigenvalue weighted by atomic mass is 9.76. The summed E-state index contributed by atoms with van der Waals surface area (Å²) in [4.78, 5) is 41.7. The lowest BCUT2D eigenvalue weighted by Crippen LogP contribution is -2.52. The number of imidazole rings is 2.